The second-order valence-electron chi connectivity index (χ2n) is 4.74. The van der Waals surface area contributed by atoms with Crippen molar-refractivity contribution in [1.82, 2.24) is 4.98 Å². The molecule has 1 heterocycles. The predicted octanol–water partition coefficient (Wildman–Crippen LogP) is 4.27. The van der Waals surface area contributed by atoms with E-state index in [-0.39, 0.29) is 16.0 Å². The Balaban J connectivity index is 2.96. The molecule has 2 rings (SSSR count). The van der Waals surface area contributed by atoms with E-state index in [1.807, 2.05) is 13.8 Å². The first-order chi connectivity index (χ1) is 8.82. The summed E-state index contributed by atoms with van der Waals surface area (Å²) >= 11 is 3.08. The van der Waals surface area contributed by atoms with E-state index >= 15 is 0 Å². The average Bonchev–Trinajstić information content (AvgIpc) is 2.29. The maximum absolute atomic E-state index is 13.6. The number of aromatic nitrogens is 1. The summed E-state index contributed by atoms with van der Waals surface area (Å²) in [5.74, 6) is -1.39. The zero-order chi connectivity index (χ0) is 14.3. The molecule has 0 amide bonds. The summed E-state index contributed by atoms with van der Waals surface area (Å²) in [6.07, 6.45) is 0. The van der Waals surface area contributed by atoms with E-state index in [0.717, 1.165) is 0 Å². The second kappa shape index (κ2) is 4.89. The van der Waals surface area contributed by atoms with Crippen molar-refractivity contribution < 1.29 is 14.3 Å². The van der Waals surface area contributed by atoms with Crippen LogP contribution in [0.2, 0.25) is 0 Å². The lowest BCUT2D eigenvalue weighted by Gasteiger charge is -2.14. The zero-order valence-electron chi connectivity index (χ0n) is 10.8. The van der Waals surface area contributed by atoms with E-state index < -0.39 is 11.8 Å². The van der Waals surface area contributed by atoms with Crippen LogP contribution in [0.3, 0.4) is 0 Å². The first-order valence-corrected chi connectivity index (χ1v) is 6.64. The quantitative estimate of drug-likeness (QED) is 0.897. The number of hydrogen-bond donors (Lipinski definition) is 1. The summed E-state index contributed by atoms with van der Waals surface area (Å²) in [5.41, 5.74) is 1.88. The fourth-order valence-corrected chi connectivity index (χ4v) is 2.55. The maximum atomic E-state index is 13.6. The molecule has 0 unspecified atom stereocenters. The minimum Gasteiger partial charge on any atom is -0.478 e. The van der Waals surface area contributed by atoms with E-state index in [1.54, 1.807) is 6.92 Å². The number of nitrogens with zero attached hydrogens (tertiary/aromatic N) is 1. The number of fused-ring (bicyclic) bond motifs is 1. The van der Waals surface area contributed by atoms with Gasteiger partial charge in [0.25, 0.3) is 0 Å². The molecule has 0 bridgehead atoms. The molecule has 0 saturated carbocycles. The van der Waals surface area contributed by atoms with Gasteiger partial charge in [-0.3, -0.25) is 4.98 Å². The van der Waals surface area contributed by atoms with E-state index in [9.17, 15) is 14.3 Å². The molecule has 0 saturated heterocycles. The number of aromatic carboxylic acids is 1. The maximum Gasteiger partial charge on any atom is 0.336 e. The number of carboxylic acid groups (broad SMARTS) is 1. The van der Waals surface area contributed by atoms with Crippen LogP contribution in [0, 0.1) is 12.7 Å². The first-order valence-electron chi connectivity index (χ1n) is 5.85. The van der Waals surface area contributed by atoms with Crippen LogP contribution in [0.25, 0.3) is 10.9 Å². The van der Waals surface area contributed by atoms with Crippen LogP contribution in [0.15, 0.2) is 16.6 Å². The van der Waals surface area contributed by atoms with Gasteiger partial charge in [0, 0.05) is 17.1 Å². The largest absolute Gasteiger partial charge is 0.478 e. The second-order valence-corrected chi connectivity index (χ2v) is 5.59. The van der Waals surface area contributed by atoms with Gasteiger partial charge < -0.3 is 5.11 Å². The standard InChI is InChI=1S/C14H13BrFNO2/c1-6(2)13-7(3)12(14(18)19)8-4-9(15)10(16)5-11(8)17-13/h4-6H,1-3H3,(H,18,19). The Hall–Kier alpha value is -1.49. The molecule has 0 spiro atoms. The van der Waals surface area contributed by atoms with Crippen molar-refractivity contribution in [2.75, 3.05) is 0 Å². The highest BCUT2D eigenvalue weighted by Crippen LogP contribution is 2.30. The van der Waals surface area contributed by atoms with Crippen LogP contribution in [0.4, 0.5) is 4.39 Å². The van der Waals surface area contributed by atoms with Crippen LogP contribution in [0.1, 0.15) is 41.4 Å². The van der Waals surface area contributed by atoms with Crippen molar-refractivity contribution in [2.24, 2.45) is 0 Å². The smallest absolute Gasteiger partial charge is 0.336 e. The van der Waals surface area contributed by atoms with Crippen molar-refractivity contribution in [1.29, 1.82) is 0 Å². The van der Waals surface area contributed by atoms with Gasteiger partial charge in [0.2, 0.25) is 0 Å². The van der Waals surface area contributed by atoms with Gasteiger partial charge >= 0.3 is 5.97 Å². The lowest BCUT2D eigenvalue weighted by molar-refractivity contribution is 0.0698. The molecule has 5 heteroatoms. The highest BCUT2D eigenvalue weighted by Gasteiger charge is 2.20. The minimum absolute atomic E-state index is 0.0780. The van der Waals surface area contributed by atoms with Gasteiger partial charge in [-0.1, -0.05) is 13.8 Å². The van der Waals surface area contributed by atoms with Crippen LogP contribution in [-0.2, 0) is 0 Å². The van der Waals surface area contributed by atoms with Crippen LogP contribution in [0.5, 0.6) is 0 Å². The van der Waals surface area contributed by atoms with Crippen molar-refractivity contribution in [3.05, 3.63) is 39.2 Å². The zero-order valence-corrected chi connectivity index (χ0v) is 12.4. The van der Waals surface area contributed by atoms with Crippen molar-refractivity contribution >= 4 is 32.8 Å². The summed E-state index contributed by atoms with van der Waals surface area (Å²) in [6.45, 7) is 5.60. The Bertz CT molecular complexity index is 683. The van der Waals surface area contributed by atoms with Gasteiger partial charge in [-0.2, -0.15) is 0 Å². The van der Waals surface area contributed by atoms with Gasteiger partial charge in [-0.25, -0.2) is 9.18 Å². The number of rotatable bonds is 2. The summed E-state index contributed by atoms with van der Waals surface area (Å²) < 4.78 is 13.8. The van der Waals surface area contributed by atoms with Crippen LogP contribution < -0.4 is 0 Å². The molecule has 0 aliphatic carbocycles. The molecular weight excluding hydrogens is 313 g/mol. The molecule has 0 aliphatic heterocycles. The third-order valence-electron chi connectivity index (χ3n) is 3.07. The molecule has 0 atom stereocenters. The SMILES string of the molecule is Cc1c(C(C)C)nc2cc(F)c(Br)cc2c1C(=O)O. The first kappa shape index (κ1) is 13.9. The molecule has 0 fully saturated rings. The molecule has 1 aromatic heterocycles. The number of hydrogen-bond acceptors (Lipinski definition) is 2. The van der Waals surface area contributed by atoms with E-state index in [4.69, 9.17) is 0 Å². The predicted molar refractivity (Wildman–Crippen MR) is 75.2 cm³/mol. The van der Waals surface area contributed by atoms with Crippen molar-refractivity contribution in [2.45, 2.75) is 26.7 Å². The van der Waals surface area contributed by atoms with Gasteiger partial charge in [0.15, 0.2) is 0 Å². The minimum atomic E-state index is -1.02. The Labute approximate surface area is 118 Å². The van der Waals surface area contributed by atoms with Crippen molar-refractivity contribution in [3.63, 3.8) is 0 Å². The van der Waals surface area contributed by atoms with Gasteiger partial charge in [0.1, 0.15) is 5.82 Å². The molecule has 19 heavy (non-hydrogen) atoms. The molecule has 2 aromatic rings. The van der Waals surface area contributed by atoms with Gasteiger partial charge in [-0.05, 0) is 40.4 Å². The summed E-state index contributed by atoms with van der Waals surface area (Å²) in [5, 5.41) is 9.84. The number of benzene rings is 1. The number of carbonyl (C=O) groups is 1. The lowest BCUT2D eigenvalue weighted by atomic mass is 9.96. The highest BCUT2D eigenvalue weighted by molar-refractivity contribution is 9.10. The molecular formula is C14H13BrFNO2. The Morgan fingerprint density at radius 1 is 1.42 bits per heavy atom. The van der Waals surface area contributed by atoms with Gasteiger partial charge in [-0.15, -0.1) is 0 Å². The summed E-state index contributed by atoms with van der Waals surface area (Å²) in [7, 11) is 0. The third-order valence-corrected chi connectivity index (χ3v) is 3.68. The molecule has 1 aromatic carbocycles. The molecule has 0 aliphatic rings. The highest BCUT2D eigenvalue weighted by atomic mass is 79.9. The lowest BCUT2D eigenvalue weighted by Crippen LogP contribution is -2.08. The molecule has 0 radical (unpaired) electrons. The fourth-order valence-electron chi connectivity index (χ4n) is 2.21. The Morgan fingerprint density at radius 3 is 2.58 bits per heavy atom. The molecule has 3 nitrogen and oxygen atoms in total. The van der Waals surface area contributed by atoms with Crippen LogP contribution in [-0.4, -0.2) is 16.1 Å². The van der Waals surface area contributed by atoms with E-state index in [0.29, 0.717) is 22.2 Å². The van der Waals surface area contributed by atoms with Gasteiger partial charge in [0.05, 0.1) is 15.6 Å². The Kier molecular flexibility index (Phi) is 3.58. The molecule has 1 N–H and O–H groups in total. The monoisotopic (exact) mass is 325 g/mol. The van der Waals surface area contributed by atoms with Crippen LogP contribution >= 0.6 is 15.9 Å². The fraction of sp³-hybridized carbons (Fsp3) is 0.286. The topological polar surface area (TPSA) is 50.2 Å². The van der Waals surface area contributed by atoms with Crippen molar-refractivity contribution in [3.8, 4) is 0 Å². The van der Waals surface area contributed by atoms with E-state index in [1.165, 1.54) is 12.1 Å². The Morgan fingerprint density at radius 2 is 2.05 bits per heavy atom. The molecule has 100 valence electrons. The number of halogens is 2. The average molecular weight is 326 g/mol. The number of pyridine rings is 1. The number of carboxylic acids is 1. The summed E-state index contributed by atoms with van der Waals surface area (Å²) in [6, 6.07) is 2.73. The normalized spacial score (nSPS) is 11.3. The van der Waals surface area contributed by atoms with E-state index in [2.05, 4.69) is 20.9 Å². The third kappa shape index (κ3) is 2.34. The summed E-state index contributed by atoms with van der Waals surface area (Å²) in [4.78, 5) is 15.9.